The maximum absolute atomic E-state index is 8.93. The van der Waals surface area contributed by atoms with Crippen LogP contribution in [0.1, 0.15) is 19.3 Å². The van der Waals surface area contributed by atoms with Gasteiger partial charge in [0, 0.05) is 35.9 Å². The first kappa shape index (κ1) is 13.8. The zero-order valence-corrected chi connectivity index (χ0v) is 12.1. The minimum Gasteiger partial charge on any atom is -0.396 e. The van der Waals surface area contributed by atoms with Gasteiger partial charge in [-0.15, -0.1) is 0 Å². The predicted molar refractivity (Wildman–Crippen MR) is 78.8 cm³/mol. The van der Waals surface area contributed by atoms with Crippen molar-refractivity contribution < 1.29 is 5.11 Å². The van der Waals surface area contributed by atoms with Gasteiger partial charge in [-0.25, -0.2) is 0 Å². The van der Waals surface area contributed by atoms with Gasteiger partial charge in [0.15, 0.2) is 0 Å². The first-order valence-electron chi connectivity index (χ1n) is 6.56. The van der Waals surface area contributed by atoms with Gasteiger partial charge >= 0.3 is 0 Å². The van der Waals surface area contributed by atoms with Crippen LogP contribution < -0.4 is 10.6 Å². The first-order valence-corrected chi connectivity index (χ1v) is 7.35. The standard InChI is InChI=1S/C14H21BrN2O/c15-12-4-1-5-14(8-12)17-9-11(3-2-6-18)7-13(16)10-17/h1,4-5,8,11,13,18H,2-3,6-7,9-10,16H2. The number of benzene rings is 1. The van der Waals surface area contributed by atoms with Gasteiger partial charge in [0.05, 0.1) is 0 Å². The first-order chi connectivity index (χ1) is 8.69. The molecule has 0 aromatic heterocycles. The molecule has 1 aliphatic heterocycles. The third-order valence-electron chi connectivity index (χ3n) is 3.51. The number of nitrogens with zero attached hydrogens (tertiary/aromatic N) is 1. The summed E-state index contributed by atoms with van der Waals surface area (Å²) in [4.78, 5) is 2.36. The van der Waals surface area contributed by atoms with E-state index in [9.17, 15) is 0 Å². The highest BCUT2D eigenvalue weighted by molar-refractivity contribution is 9.10. The molecule has 0 radical (unpaired) electrons. The van der Waals surface area contributed by atoms with E-state index in [1.54, 1.807) is 0 Å². The van der Waals surface area contributed by atoms with Crippen LogP contribution in [-0.4, -0.2) is 30.8 Å². The van der Waals surface area contributed by atoms with E-state index in [0.717, 1.165) is 36.8 Å². The van der Waals surface area contributed by atoms with E-state index in [4.69, 9.17) is 10.8 Å². The van der Waals surface area contributed by atoms with Crippen molar-refractivity contribution in [3.05, 3.63) is 28.7 Å². The monoisotopic (exact) mass is 312 g/mol. The third kappa shape index (κ3) is 3.70. The van der Waals surface area contributed by atoms with E-state index in [2.05, 4.69) is 39.0 Å². The van der Waals surface area contributed by atoms with Crippen LogP contribution in [0.3, 0.4) is 0 Å². The van der Waals surface area contributed by atoms with Gasteiger partial charge in [-0.2, -0.15) is 0 Å². The largest absolute Gasteiger partial charge is 0.396 e. The average Bonchev–Trinajstić information content (AvgIpc) is 2.36. The van der Waals surface area contributed by atoms with Crippen molar-refractivity contribution in [2.24, 2.45) is 11.7 Å². The Labute approximate surface area is 117 Å². The van der Waals surface area contributed by atoms with Crippen LogP contribution in [0.4, 0.5) is 5.69 Å². The maximum Gasteiger partial charge on any atom is 0.0431 e. The Hall–Kier alpha value is -0.580. The number of halogens is 1. The van der Waals surface area contributed by atoms with Gasteiger partial charge in [0.1, 0.15) is 0 Å². The summed E-state index contributed by atoms with van der Waals surface area (Å²) in [6, 6.07) is 8.60. The summed E-state index contributed by atoms with van der Waals surface area (Å²) in [5, 5.41) is 8.93. The Kier molecular flexibility index (Phi) is 5.03. The minimum absolute atomic E-state index is 0.237. The molecule has 0 bridgehead atoms. The van der Waals surface area contributed by atoms with E-state index in [1.807, 2.05) is 6.07 Å². The van der Waals surface area contributed by atoms with Crippen LogP contribution in [-0.2, 0) is 0 Å². The molecular formula is C14H21BrN2O. The van der Waals surface area contributed by atoms with Crippen LogP contribution in [0, 0.1) is 5.92 Å². The quantitative estimate of drug-likeness (QED) is 0.897. The number of hydrogen-bond donors (Lipinski definition) is 2. The summed E-state index contributed by atoms with van der Waals surface area (Å²) in [7, 11) is 0. The second-order valence-electron chi connectivity index (χ2n) is 5.11. The third-order valence-corrected chi connectivity index (χ3v) is 4.01. The fraction of sp³-hybridized carbons (Fsp3) is 0.571. The zero-order valence-electron chi connectivity index (χ0n) is 10.6. The Bertz CT molecular complexity index is 386. The average molecular weight is 313 g/mol. The molecule has 2 rings (SSSR count). The molecule has 4 heteroatoms. The number of aliphatic hydroxyl groups is 1. The lowest BCUT2D eigenvalue weighted by Gasteiger charge is -2.38. The highest BCUT2D eigenvalue weighted by Crippen LogP contribution is 2.27. The topological polar surface area (TPSA) is 49.5 Å². The molecule has 1 aliphatic rings. The summed E-state index contributed by atoms with van der Waals surface area (Å²) < 4.78 is 1.10. The SMILES string of the molecule is NC1CC(CCCO)CN(c2cccc(Br)c2)C1. The fourth-order valence-electron chi connectivity index (χ4n) is 2.72. The van der Waals surface area contributed by atoms with Gasteiger partial charge in [0.2, 0.25) is 0 Å². The smallest absolute Gasteiger partial charge is 0.0431 e. The summed E-state index contributed by atoms with van der Waals surface area (Å²) in [5.74, 6) is 0.597. The molecular weight excluding hydrogens is 292 g/mol. The van der Waals surface area contributed by atoms with Gasteiger partial charge in [-0.3, -0.25) is 0 Å². The normalized spacial score (nSPS) is 24.3. The van der Waals surface area contributed by atoms with Gasteiger partial charge in [-0.05, 0) is 43.4 Å². The van der Waals surface area contributed by atoms with E-state index in [0.29, 0.717) is 5.92 Å². The number of rotatable bonds is 4. The molecule has 100 valence electrons. The lowest BCUT2D eigenvalue weighted by molar-refractivity contribution is 0.259. The number of anilines is 1. The van der Waals surface area contributed by atoms with E-state index in [-0.39, 0.29) is 12.6 Å². The van der Waals surface area contributed by atoms with Crippen molar-refractivity contribution in [1.29, 1.82) is 0 Å². The molecule has 0 spiro atoms. The Morgan fingerprint density at radius 1 is 1.39 bits per heavy atom. The Morgan fingerprint density at radius 3 is 2.94 bits per heavy atom. The molecule has 3 nitrogen and oxygen atoms in total. The molecule has 3 N–H and O–H groups in total. The summed E-state index contributed by atoms with van der Waals surface area (Å²) in [6.07, 6.45) is 3.02. The van der Waals surface area contributed by atoms with Crippen molar-refractivity contribution in [2.75, 3.05) is 24.6 Å². The Balaban J connectivity index is 2.03. The minimum atomic E-state index is 0.237. The van der Waals surface area contributed by atoms with Crippen molar-refractivity contribution in [3.63, 3.8) is 0 Å². The van der Waals surface area contributed by atoms with Crippen LogP contribution in [0.5, 0.6) is 0 Å². The molecule has 18 heavy (non-hydrogen) atoms. The second kappa shape index (κ2) is 6.55. The Morgan fingerprint density at radius 2 is 2.22 bits per heavy atom. The summed E-state index contributed by atoms with van der Waals surface area (Å²) >= 11 is 3.51. The van der Waals surface area contributed by atoms with Gasteiger partial charge in [0.25, 0.3) is 0 Å². The number of piperidine rings is 1. The van der Waals surface area contributed by atoms with E-state index >= 15 is 0 Å². The molecule has 1 aromatic carbocycles. The molecule has 1 heterocycles. The van der Waals surface area contributed by atoms with Crippen molar-refractivity contribution in [1.82, 2.24) is 0 Å². The molecule has 1 saturated heterocycles. The zero-order chi connectivity index (χ0) is 13.0. The molecule has 0 amide bonds. The summed E-state index contributed by atoms with van der Waals surface area (Å²) in [5.41, 5.74) is 7.38. The molecule has 1 aromatic rings. The van der Waals surface area contributed by atoms with Gasteiger partial charge < -0.3 is 15.7 Å². The van der Waals surface area contributed by atoms with E-state index in [1.165, 1.54) is 5.69 Å². The highest BCUT2D eigenvalue weighted by Gasteiger charge is 2.24. The maximum atomic E-state index is 8.93. The number of hydrogen-bond acceptors (Lipinski definition) is 3. The van der Waals surface area contributed by atoms with Crippen molar-refractivity contribution in [2.45, 2.75) is 25.3 Å². The van der Waals surface area contributed by atoms with Gasteiger partial charge in [-0.1, -0.05) is 22.0 Å². The van der Waals surface area contributed by atoms with Crippen LogP contribution in [0.2, 0.25) is 0 Å². The predicted octanol–water partition coefficient (Wildman–Crippen LogP) is 2.38. The van der Waals surface area contributed by atoms with E-state index < -0.39 is 0 Å². The molecule has 0 saturated carbocycles. The van der Waals surface area contributed by atoms with Crippen molar-refractivity contribution in [3.8, 4) is 0 Å². The molecule has 2 unspecified atom stereocenters. The summed E-state index contributed by atoms with van der Waals surface area (Å²) in [6.45, 7) is 2.25. The molecule has 1 fully saturated rings. The second-order valence-corrected chi connectivity index (χ2v) is 6.03. The van der Waals surface area contributed by atoms with Crippen LogP contribution >= 0.6 is 15.9 Å². The van der Waals surface area contributed by atoms with Crippen molar-refractivity contribution >= 4 is 21.6 Å². The van der Waals surface area contributed by atoms with Crippen LogP contribution in [0.25, 0.3) is 0 Å². The highest BCUT2D eigenvalue weighted by atomic mass is 79.9. The number of nitrogens with two attached hydrogens (primary N) is 1. The van der Waals surface area contributed by atoms with Crippen LogP contribution in [0.15, 0.2) is 28.7 Å². The molecule has 2 atom stereocenters. The number of aliphatic hydroxyl groups excluding tert-OH is 1. The lowest BCUT2D eigenvalue weighted by Crippen LogP contribution is -2.47. The molecule has 0 aliphatic carbocycles. The lowest BCUT2D eigenvalue weighted by atomic mass is 9.90. The fourth-order valence-corrected chi connectivity index (χ4v) is 3.11.